The lowest BCUT2D eigenvalue weighted by Gasteiger charge is -2.26. The third-order valence-corrected chi connectivity index (χ3v) is 7.63. The van der Waals surface area contributed by atoms with E-state index in [-0.39, 0.29) is 42.5 Å². The third kappa shape index (κ3) is 10.2. The van der Waals surface area contributed by atoms with E-state index in [0.29, 0.717) is 69.9 Å². The van der Waals surface area contributed by atoms with Gasteiger partial charge in [0.1, 0.15) is 31.1 Å². The highest BCUT2D eigenvalue weighted by atomic mass is 16.2. The highest BCUT2D eigenvalue weighted by molar-refractivity contribution is 5.88. The molecular weight excluding hydrogens is 576 g/mol. The molecule has 3 aromatic rings. The molecule has 2 atom stereocenters. The van der Waals surface area contributed by atoms with Crippen LogP contribution in [0.15, 0.2) is 43.0 Å². The van der Waals surface area contributed by atoms with E-state index >= 15 is 0 Å². The second kappa shape index (κ2) is 16.5. The first kappa shape index (κ1) is 33.3. The highest BCUT2D eigenvalue weighted by Crippen LogP contribution is 2.21. The van der Waals surface area contributed by atoms with E-state index < -0.39 is 12.1 Å². The number of nitrogens with zero attached hydrogens (tertiary/aromatic N) is 7. The van der Waals surface area contributed by atoms with Gasteiger partial charge in [0.05, 0.1) is 6.04 Å². The zero-order chi connectivity index (χ0) is 32.2. The van der Waals surface area contributed by atoms with Gasteiger partial charge < -0.3 is 20.9 Å². The number of fused-ring (bicyclic) bond motifs is 1. The van der Waals surface area contributed by atoms with Crippen molar-refractivity contribution in [3.05, 3.63) is 60.2 Å². The molecule has 4 rings (SSSR count). The number of carbonyl (C=O) groups is 4. The first-order valence-electron chi connectivity index (χ1n) is 15.6. The van der Waals surface area contributed by atoms with Crippen LogP contribution in [0.4, 0.5) is 0 Å². The standard InChI is InChI=1S/C31H44N10O4/c1-22(2)29-30-35-23(3)38-41(30)19-27(43)33-14-9-16-39(28(44)13-8-17-40-21-32-20-34-40)15-7-12-26(42)36-25(31(45)37-29)18-24-10-5-4-6-11-24/h4-6,10-11,20-22,25,29H,7-9,12-19H2,1-3H3,(H,33,43)(H,36,42)(H,37,45)/t25-,29+/m1/s1. The van der Waals surface area contributed by atoms with Crippen molar-refractivity contribution in [1.82, 2.24) is 50.4 Å². The van der Waals surface area contributed by atoms with Crippen LogP contribution in [-0.2, 0) is 38.7 Å². The van der Waals surface area contributed by atoms with Crippen molar-refractivity contribution in [2.24, 2.45) is 5.92 Å². The van der Waals surface area contributed by atoms with Crippen molar-refractivity contribution >= 4 is 23.6 Å². The van der Waals surface area contributed by atoms with Crippen LogP contribution >= 0.6 is 0 Å². The lowest BCUT2D eigenvalue weighted by Crippen LogP contribution is -2.50. The number of aromatic nitrogens is 6. The van der Waals surface area contributed by atoms with Crippen molar-refractivity contribution < 1.29 is 19.2 Å². The van der Waals surface area contributed by atoms with Crippen molar-refractivity contribution in [3.63, 3.8) is 0 Å². The number of carbonyl (C=O) groups excluding carboxylic acids is 4. The van der Waals surface area contributed by atoms with Gasteiger partial charge in [0.15, 0.2) is 5.82 Å². The summed E-state index contributed by atoms with van der Waals surface area (Å²) in [7, 11) is 0. The summed E-state index contributed by atoms with van der Waals surface area (Å²) in [4.78, 5) is 63.2. The van der Waals surface area contributed by atoms with E-state index in [0.717, 1.165) is 5.56 Å². The molecule has 0 saturated carbocycles. The molecule has 0 bridgehead atoms. The largest absolute Gasteiger partial charge is 0.354 e. The minimum absolute atomic E-state index is 0.0277. The Morgan fingerprint density at radius 3 is 2.56 bits per heavy atom. The fourth-order valence-corrected chi connectivity index (χ4v) is 5.31. The molecule has 0 unspecified atom stereocenters. The van der Waals surface area contributed by atoms with Gasteiger partial charge in [-0.25, -0.2) is 14.6 Å². The second-order valence-electron chi connectivity index (χ2n) is 11.7. The number of hydrogen-bond donors (Lipinski definition) is 3. The van der Waals surface area contributed by atoms with E-state index in [4.69, 9.17) is 0 Å². The molecule has 14 heteroatoms. The van der Waals surface area contributed by atoms with Crippen molar-refractivity contribution in [2.75, 3.05) is 19.6 Å². The van der Waals surface area contributed by atoms with Gasteiger partial charge in [-0.2, -0.15) is 10.2 Å². The van der Waals surface area contributed by atoms with Crippen LogP contribution in [0.2, 0.25) is 0 Å². The Kier molecular flexibility index (Phi) is 12.2. The number of rotatable bonds is 7. The van der Waals surface area contributed by atoms with Crippen molar-refractivity contribution in [3.8, 4) is 0 Å². The number of aryl methyl sites for hydroxylation is 2. The van der Waals surface area contributed by atoms with Crippen LogP contribution in [-0.4, -0.2) is 83.7 Å². The number of nitrogens with one attached hydrogen (secondary N) is 3. The number of hydrogen-bond acceptors (Lipinski definition) is 8. The highest BCUT2D eigenvalue weighted by Gasteiger charge is 2.30. The quantitative estimate of drug-likeness (QED) is 0.355. The average Bonchev–Trinajstić information content (AvgIpc) is 3.65. The Balaban J connectivity index is 1.52. The van der Waals surface area contributed by atoms with Crippen LogP contribution in [0.3, 0.4) is 0 Å². The predicted molar refractivity (Wildman–Crippen MR) is 165 cm³/mol. The molecule has 14 nitrogen and oxygen atoms in total. The van der Waals surface area contributed by atoms with Gasteiger partial charge in [0.2, 0.25) is 23.6 Å². The Hall–Kier alpha value is -4.62. The Morgan fingerprint density at radius 1 is 1.04 bits per heavy atom. The topological polar surface area (TPSA) is 169 Å². The zero-order valence-corrected chi connectivity index (χ0v) is 26.3. The number of benzene rings is 1. The minimum atomic E-state index is -0.838. The lowest BCUT2D eigenvalue weighted by atomic mass is 10.0. The van der Waals surface area contributed by atoms with Gasteiger partial charge in [-0.05, 0) is 37.7 Å². The van der Waals surface area contributed by atoms with E-state index in [1.165, 1.54) is 11.0 Å². The fraction of sp³-hybridized carbons (Fsp3) is 0.548. The molecule has 0 aliphatic carbocycles. The van der Waals surface area contributed by atoms with Gasteiger partial charge in [-0.3, -0.25) is 23.9 Å². The molecule has 1 aliphatic heterocycles. The molecule has 3 heterocycles. The van der Waals surface area contributed by atoms with Crippen molar-refractivity contribution in [2.45, 2.75) is 84.5 Å². The Labute approximate surface area is 263 Å². The maximum absolute atomic E-state index is 13.8. The molecule has 1 aliphatic rings. The van der Waals surface area contributed by atoms with Crippen LogP contribution in [0, 0.1) is 12.8 Å². The van der Waals surface area contributed by atoms with Gasteiger partial charge in [0.25, 0.3) is 0 Å². The predicted octanol–water partition coefficient (Wildman–Crippen LogP) is 1.33. The van der Waals surface area contributed by atoms with Crippen LogP contribution < -0.4 is 16.0 Å². The summed E-state index contributed by atoms with van der Waals surface area (Å²) in [6.07, 6.45) is 5.43. The van der Waals surface area contributed by atoms with Gasteiger partial charge >= 0.3 is 0 Å². The van der Waals surface area contributed by atoms with E-state index in [2.05, 4.69) is 36.1 Å². The molecular formula is C31H44N10O4. The molecule has 45 heavy (non-hydrogen) atoms. The molecule has 242 valence electrons. The number of amides is 4. The minimum Gasteiger partial charge on any atom is -0.354 e. The van der Waals surface area contributed by atoms with Crippen molar-refractivity contribution in [1.29, 1.82) is 0 Å². The summed E-state index contributed by atoms with van der Waals surface area (Å²) >= 11 is 0. The monoisotopic (exact) mass is 620 g/mol. The van der Waals surface area contributed by atoms with E-state index in [9.17, 15) is 19.2 Å². The second-order valence-corrected chi connectivity index (χ2v) is 11.7. The molecule has 2 aromatic heterocycles. The SMILES string of the molecule is Cc1nc2n(n1)CC(=O)NCCCN(C(=O)CCCn1cncn1)CCCC(=O)N[C@H](Cc1ccccc1)C(=O)N[C@H]2C(C)C. The molecule has 0 spiro atoms. The Morgan fingerprint density at radius 2 is 1.82 bits per heavy atom. The Bertz CT molecular complexity index is 1410. The summed E-state index contributed by atoms with van der Waals surface area (Å²) in [5, 5.41) is 17.4. The smallest absolute Gasteiger partial charge is 0.243 e. The summed E-state index contributed by atoms with van der Waals surface area (Å²) in [6.45, 7) is 7.35. The molecule has 3 N–H and O–H groups in total. The summed E-state index contributed by atoms with van der Waals surface area (Å²) < 4.78 is 3.20. The first-order valence-corrected chi connectivity index (χ1v) is 15.6. The van der Waals surface area contributed by atoms with Crippen LogP contribution in [0.25, 0.3) is 0 Å². The van der Waals surface area contributed by atoms with E-state index in [1.54, 1.807) is 22.8 Å². The lowest BCUT2D eigenvalue weighted by molar-refractivity contribution is -0.132. The fourth-order valence-electron chi connectivity index (χ4n) is 5.31. The summed E-state index contributed by atoms with van der Waals surface area (Å²) in [5.41, 5.74) is 0.902. The maximum atomic E-state index is 13.8. The van der Waals surface area contributed by atoms with Crippen LogP contribution in [0.5, 0.6) is 0 Å². The molecule has 0 saturated heterocycles. The molecule has 4 amide bonds. The van der Waals surface area contributed by atoms with Gasteiger partial charge in [-0.15, -0.1) is 0 Å². The van der Waals surface area contributed by atoms with Gasteiger partial charge in [-0.1, -0.05) is 44.2 Å². The summed E-state index contributed by atoms with van der Waals surface area (Å²) in [5.74, 6) is -0.00452. The average molecular weight is 621 g/mol. The van der Waals surface area contributed by atoms with Gasteiger partial charge in [0, 0.05) is 45.4 Å². The van der Waals surface area contributed by atoms with Crippen LogP contribution in [0.1, 0.15) is 69.2 Å². The molecule has 1 aromatic carbocycles. The third-order valence-electron chi connectivity index (χ3n) is 7.63. The first-order chi connectivity index (χ1) is 21.7. The molecule has 0 fully saturated rings. The van der Waals surface area contributed by atoms with E-state index in [1.807, 2.05) is 44.2 Å². The summed E-state index contributed by atoms with van der Waals surface area (Å²) in [6, 6.07) is 8.13. The maximum Gasteiger partial charge on any atom is 0.243 e. The normalized spacial score (nSPS) is 19.2. The molecule has 0 radical (unpaired) electrons. The zero-order valence-electron chi connectivity index (χ0n) is 26.3.